The van der Waals surface area contributed by atoms with Gasteiger partial charge in [0.05, 0.1) is 0 Å². The Morgan fingerprint density at radius 3 is 2.38 bits per heavy atom. The molecule has 0 spiro atoms. The minimum atomic E-state index is -4.40. The average Bonchev–Trinajstić information content (AvgIpc) is 2.12. The lowest BCUT2D eigenvalue weighted by Crippen LogP contribution is -2.40. The zero-order valence-corrected chi connectivity index (χ0v) is 9.28. The van der Waals surface area contributed by atoms with Crippen molar-refractivity contribution >= 4 is 11.8 Å². The fraction of sp³-hybridized carbons (Fsp3) is 0.400. The van der Waals surface area contributed by atoms with Crippen molar-refractivity contribution in [3.8, 4) is 0 Å². The molecule has 90 valence electrons. The monoisotopic (exact) mass is 253 g/mol. The number of hydrogen-bond donors (Lipinski definition) is 1. The summed E-state index contributed by atoms with van der Waals surface area (Å²) in [5, 5.41) is -1.73. The van der Waals surface area contributed by atoms with Crippen LogP contribution in [0, 0.1) is 5.82 Å². The quantitative estimate of drug-likeness (QED) is 0.661. The molecule has 0 aliphatic heterocycles. The van der Waals surface area contributed by atoms with Crippen molar-refractivity contribution in [1.82, 2.24) is 0 Å². The highest BCUT2D eigenvalue weighted by Gasteiger charge is 2.42. The summed E-state index contributed by atoms with van der Waals surface area (Å²) in [7, 11) is 0. The number of rotatable bonds is 3. The van der Waals surface area contributed by atoms with Crippen LogP contribution in [0.25, 0.3) is 0 Å². The lowest BCUT2D eigenvalue weighted by molar-refractivity contribution is -0.131. The molecule has 2 unspecified atom stereocenters. The number of nitrogens with two attached hydrogens (primary N) is 1. The van der Waals surface area contributed by atoms with E-state index >= 15 is 0 Å². The second-order valence-corrected chi connectivity index (χ2v) is 4.61. The predicted octanol–water partition coefficient (Wildman–Crippen LogP) is 3.20. The van der Waals surface area contributed by atoms with E-state index in [4.69, 9.17) is 5.73 Å². The molecule has 2 atom stereocenters. The number of hydrogen-bond acceptors (Lipinski definition) is 2. The Balaban J connectivity index is 2.84. The van der Waals surface area contributed by atoms with Crippen LogP contribution in [-0.4, -0.2) is 17.5 Å². The Kier molecular flexibility index (Phi) is 4.21. The van der Waals surface area contributed by atoms with Gasteiger partial charge in [-0.25, -0.2) is 4.39 Å². The predicted molar refractivity (Wildman–Crippen MR) is 55.7 cm³/mol. The number of thioether (sulfide) groups is 1. The van der Waals surface area contributed by atoms with Crippen molar-refractivity contribution in [3.63, 3.8) is 0 Å². The second-order valence-electron chi connectivity index (χ2n) is 3.40. The first-order valence-corrected chi connectivity index (χ1v) is 5.43. The fourth-order valence-corrected chi connectivity index (χ4v) is 2.14. The van der Waals surface area contributed by atoms with Crippen LogP contribution in [-0.2, 0) is 0 Å². The number of benzene rings is 1. The molecular weight excluding hydrogens is 242 g/mol. The topological polar surface area (TPSA) is 26.0 Å². The maximum Gasteiger partial charge on any atom is 0.402 e. The van der Waals surface area contributed by atoms with Crippen molar-refractivity contribution in [3.05, 3.63) is 30.1 Å². The minimum Gasteiger partial charge on any atom is -0.327 e. The van der Waals surface area contributed by atoms with Gasteiger partial charge in [-0.05, 0) is 25.1 Å². The van der Waals surface area contributed by atoms with Crippen LogP contribution >= 0.6 is 11.8 Å². The molecule has 0 aromatic heterocycles. The summed E-state index contributed by atoms with van der Waals surface area (Å²) in [6, 6.07) is 3.99. The standard InChI is InChI=1S/C10H11F4NS/c1-6(15)9(10(12,13)14)16-8-4-2-3-7(11)5-8/h2-6,9H,15H2,1H3. The molecule has 0 bridgehead atoms. The van der Waals surface area contributed by atoms with Crippen LogP contribution < -0.4 is 5.73 Å². The van der Waals surface area contributed by atoms with Gasteiger partial charge in [0.2, 0.25) is 0 Å². The molecule has 1 aromatic carbocycles. The summed E-state index contributed by atoms with van der Waals surface area (Å²) in [4.78, 5) is 0.222. The molecule has 0 saturated carbocycles. The summed E-state index contributed by atoms with van der Waals surface area (Å²) >= 11 is 0.528. The summed E-state index contributed by atoms with van der Waals surface area (Å²) in [6.45, 7) is 1.28. The van der Waals surface area contributed by atoms with Crippen molar-refractivity contribution in [2.75, 3.05) is 0 Å². The fourth-order valence-electron chi connectivity index (χ4n) is 1.16. The van der Waals surface area contributed by atoms with E-state index in [-0.39, 0.29) is 4.90 Å². The van der Waals surface area contributed by atoms with E-state index in [9.17, 15) is 17.6 Å². The van der Waals surface area contributed by atoms with Gasteiger partial charge in [0, 0.05) is 10.9 Å². The van der Waals surface area contributed by atoms with Crippen LogP contribution in [0.1, 0.15) is 6.92 Å². The van der Waals surface area contributed by atoms with E-state index in [1.165, 1.54) is 25.1 Å². The Hall–Kier alpha value is -0.750. The van der Waals surface area contributed by atoms with Gasteiger partial charge in [0.1, 0.15) is 11.1 Å². The van der Waals surface area contributed by atoms with Gasteiger partial charge >= 0.3 is 6.18 Å². The van der Waals surface area contributed by atoms with Crippen molar-refractivity contribution in [1.29, 1.82) is 0 Å². The Bertz CT molecular complexity index is 351. The van der Waals surface area contributed by atoms with E-state index in [1.54, 1.807) is 0 Å². The van der Waals surface area contributed by atoms with Crippen molar-refractivity contribution in [2.24, 2.45) is 5.73 Å². The molecule has 0 aliphatic rings. The summed E-state index contributed by atoms with van der Waals surface area (Å²) in [5.41, 5.74) is 5.27. The molecule has 2 N–H and O–H groups in total. The van der Waals surface area contributed by atoms with Gasteiger partial charge in [-0.15, -0.1) is 11.8 Å². The van der Waals surface area contributed by atoms with Gasteiger partial charge in [-0.1, -0.05) is 6.07 Å². The average molecular weight is 253 g/mol. The van der Waals surface area contributed by atoms with Gasteiger partial charge in [0.25, 0.3) is 0 Å². The molecule has 0 saturated heterocycles. The highest BCUT2D eigenvalue weighted by molar-refractivity contribution is 8.00. The second kappa shape index (κ2) is 5.05. The highest BCUT2D eigenvalue weighted by Crippen LogP contribution is 2.36. The van der Waals surface area contributed by atoms with Crippen molar-refractivity contribution in [2.45, 2.75) is 29.3 Å². The Morgan fingerprint density at radius 1 is 1.31 bits per heavy atom. The first kappa shape index (κ1) is 13.3. The molecule has 0 aliphatic carbocycles. The molecule has 1 aromatic rings. The Morgan fingerprint density at radius 2 is 1.94 bits per heavy atom. The lowest BCUT2D eigenvalue weighted by Gasteiger charge is -2.22. The smallest absolute Gasteiger partial charge is 0.327 e. The summed E-state index contributed by atoms with van der Waals surface area (Å²) < 4.78 is 50.5. The summed E-state index contributed by atoms with van der Waals surface area (Å²) in [6.07, 6.45) is -4.40. The first-order valence-electron chi connectivity index (χ1n) is 4.55. The molecule has 6 heteroatoms. The maximum atomic E-state index is 12.8. The van der Waals surface area contributed by atoms with Crippen LogP contribution in [0.5, 0.6) is 0 Å². The zero-order valence-electron chi connectivity index (χ0n) is 8.46. The van der Waals surface area contributed by atoms with Gasteiger partial charge in [-0.3, -0.25) is 0 Å². The molecule has 1 nitrogen and oxygen atoms in total. The SMILES string of the molecule is CC(N)C(Sc1cccc(F)c1)C(F)(F)F. The van der Waals surface area contributed by atoms with Crippen LogP contribution in [0.3, 0.4) is 0 Å². The zero-order chi connectivity index (χ0) is 12.3. The van der Waals surface area contributed by atoms with Crippen LogP contribution in [0.2, 0.25) is 0 Å². The molecule has 1 rings (SSSR count). The third kappa shape index (κ3) is 3.68. The van der Waals surface area contributed by atoms with E-state index < -0.39 is 23.3 Å². The first-order chi connectivity index (χ1) is 7.30. The number of alkyl halides is 3. The van der Waals surface area contributed by atoms with E-state index in [2.05, 4.69) is 0 Å². The van der Waals surface area contributed by atoms with E-state index in [0.29, 0.717) is 11.8 Å². The molecule has 0 fully saturated rings. The normalized spacial score (nSPS) is 15.9. The van der Waals surface area contributed by atoms with Gasteiger partial charge in [-0.2, -0.15) is 13.2 Å². The highest BCUT2D eigenvalue weighted by atomic mass is 32.2. The molecule has 0 heterocycles. The third-order valence-electron chi connectivity index (χ3n) is 1.86. The minimum absolute atomic E-state index is 0.222. The van der Waals surface area contributed by atoms with E-state index in [1.807, 2.05) is 0 Å². The molecular formula is C10H11F4NS. The molecule has 16 heavy (non-hydrogen) atoms. The van der Waals surface area contributed by atoms with Crippen LogP contribution in [0.4, 0.5) is 17.6 Å². The van der Waals surface area contributed by atoms with Gasteiger partial charge in [0.15, 0.2) is 0 Å². The third-order valence-corrected chi connectivity index (χ3v) is 3.34. The van der Waals surface area contributed by atoms with Crippen molar-refractivity contribution < 1.29 is 17.6 Å². The molecule has 0 radical (unpaired) electrons. The summed E-state index contributed by atoms with van der Waals surface area (Å²) in [5.74, 6) is -0.560. The number of halogens is 4. The largest absolute Gasteiger partial charge is 0.402 e. The Labute approximate surface area is 95.0 Å². The lowest BCUT2D eigenvalue weighted by atomic mass is 10.2. The molecule has 0 amide bonds. The van der Waals surface area contributed by atoms with E-state index in [0.717, 1.165) is 6.07 Å². The van der Waals surface area contributed by atoms with Gasteiger partial charge < -0.3 is 5.73 Å². The van der Waals surface area contributed by atoms with Crippen LogP contribution in [0.15, 0.2) is 29.2 Å². The maximum absolute atomic E-state index is 12.8.